The Kier molecular flexibility index (Phi) is 49.0. The van der Waals surface area contributed by atoms with Gasteiger partial charge >= 0.3 is 5.97 Å². The molecule has 137 heavy (non-hydrogen) atoms. The number of unbranched alkanes of at least 4 members (excludes halogenated alkanes) is 3. The smallest absolute Gasteiger partial charge is 0.303 e. The van der Waals surface area contributed by atoms with Crippen LogP contribution in [0.15, 0.2) is 30.3 Å². The van der Waals surface area contributed by atoms with Gasteiger partial charge < -0.3 is 127 Å². The van der Waals surface area contributed by atoms with Crippen LogP contribution in [0.4, 0.5) is 0 Å². The summed E-state index contributed by atoms with van der Waals surface area (Å²) in [5, 5.41) is 66.2. The van der Waals surface area contributed by atoms with Crippen LogP contribution in [0.25, 0.3) is 0 Å². The number of aliphatic hydroxyl groups is 1. The highest BCUT2D eigenvalue weighted by Gasteiger charge is 2.48. The van der Waals surface area contributed by atoms with Crippen LogP contribution >= 0.6 is 33.3 Å². The van der Waals surface area contributed by atoms with Gasteiger partial charge in [0.25, 0.3) is 0 Å². The fourth-order valence-electron chi connectivity index (χ4n) is 17.0. The molecule has 47 heteroatoms. The number of nitrogens with one attached hydrogen (secondary N) is 15. The summed E-state index contributed by atoms with van der Waals surface area (Å²) in [4.78, 5) is 281. The molecule has 0 saturated carbocycles. The predicted octanol–water partition coefficient (Wildman–Crippen LogP) is -2.78. The molecule has 0 aromatic heterocycles. The molecule has 2 unspecified atom stereocenters. The van der Waals surface area contributed by atoms with Gasteiger partial charge in [-0.2, -0.15) is 11.8 Å². The summed E-state index contributed by atoms with van der Waals surface area (Å²) in [6.07, 6.45) is 4.30. The first-order chi connectivity index (χ1) is 65.1. The van der Waals surface area contributed by atoms with Gasteiger partial charge in [-0.15, -0.1) is 0 Å². The first-order valence-electron chi connectivity index (χ1n) is 47.6. The molecule has 0 bridgehead atoms. The van der Waals surface area contributed by atoms with Gasteiger partial charge in [-0.05, 0) is 185 Å². The Morgan fingerprint density at radius 2 is 1.13 bits per heavy atom. The third-order valence-electron chi connectivity index (χ3n) is 24.5. The van der Waals surface area contributed by atoms with Gasteiger partial charge in [0.15, 0.2) is 5.96 Å². The van der Waals surface area contributed by atoms with Crippen LogP contribution in [-0.4, -0.2) is 326 Å². The summed E-state index contributed by atoms with van der Waals surface area (Å²) in [6.45, 7) is 12.1. The topological polar surface area (TPSA) is 674 Å². The van der Waals surface area contributed by atoms with Gasteiger partial charge in [0.05, 0.1) is 6.61 Å². The van der Waals surface area contributed by atoms with E-state index in [1.165, 1.54) is 52.1 Å². The van der Waals surface area contributed by atoms with E-state index in [4.69, 9.17) is 28.3 Å². The first kappa shape index (κ1) is 115. The van der Waals surface area contributed by atoms with Crippen molar-refractivity contribution in [2.75, 3.05) is 75.9 Å². The fraction of sp³-hybridized carbons (Fsp3) is 0.711. The average molecular weight is 1980 g/mol. The highest BCUT2D eigenvalue weighted by atomic mass is 33.1. The molecule has 1 aromatic rings. The number of aliphatic hydroxyl groups excluding tert-OH is 1. The maximum atomic E-state index is 15.6. The molecule has 0 aliphatic carbocycles. The average Bonchev–Trinajstić information content (AvgIpc) is 1.68. The number of benzene rings is 1. The van der Waals surface area contributed by atoms with Crippen molar-refractivity contribution in [3.05, 3.63) is 35.9 Å². The lowest BCUT2D eigenvalue weighted by molar-refractivity contribution is -0.148. The Labute approximate surface area is 812 Å². The maximum Gasteiger partial charge on any atom is 0.303 e. The Bertz CT molecular complexity index is 4310. The minimum Gasteiger partial charge on any atom is -0.481 e. The number of nitrogens with zero attached hydrogens (tertiary/aromatic N) is 4. The number of carboxylic acids is 1. The molecule has 0 spiro atoms. The van der Waals surface area contributed by atoms with Crippen molar-refractivity contribution in [2.24, 2.45) is 34.8 Å². The van der Waals surface area contributed by atoms with Gasteiger partial charge in [-0.25, -0.2) is 0 Å². The molecule has 1 aromatic carbocycles. The molecule has 0 radical (unpaired) electrons. The van der Waals surface area contributed by atoms with Crippen molar-refractivity contribution in [1.82, 2.24) is 94.0 Å². The molecule has 5 fully saturated rings. The zero-order valence-electron chi connectivity index (χ0n) is 80.2. The summed E-state index contributed by atoms with van der Waals surface area (Å²) < 4.78 is 0. The number of amides is 18. The molecule has 6 rings (SSSR count). The molecule has 18 amide bonds. The molecule has 5 heterocycles. The minimum absolute atomic E-state index is 0.00123. The normalized spacial score (nSPS) is 24.2. The van der Waals surface area contributed by atoms with E-state index in [1.54, 1.807) is 64.3 Å². The van der Waals surface area contributed by atoms with Gasteiger partial charge in [0, 0.05) is 64.0 Å². The monoisotopic (exact) mass is 1980 g/mol. The van der Waals surface area contributed by atoms with Crippen LogP contribution in [0.5, 0.6) is 0 Å². The third kappa shape index (κ3) is 36.6. The fourth-order valence-corrected chi connectivity index (χ4v) is 19.7. The number of aliphatic carboxylic acids is 1. The SMILES string of the molecule is CCCCC[C@@H]1NC(=O)[C@H](CCCN)NC(=O)[C@H](CCCNC(=N)N)NC(=O)[C@H](CC(C)C)NC(=O)C(NC(=O)[C@H](CCSC)NC(=O)[C@@H]2CCCN2C(=O)[C@@H](NC(C)=O)C(C)C)CCSSC[C@@H](C(=O)NC(CCCCN)C(=O)N2CCC[C@H]2C(=O)N2CCC[C@H]2C(=O)N[C@@H](CCC(=O)O)C(N)=O)NC(=O)[C@H](Cc2ccccc2)NC(=O)[C@H](CO)NC(=O)C(C)(C)NC(=O)[C@@H]2CCCN2C1=O. The third-order valence-corrected chi connectivity index (χ3v) is 27.6. The molecule has 5 aliphatic heterocycles. The quantitative estimate of drug-likeness (QED) is 0.0137. The number of guanidine groups is 1. The summed E-state index contributed by atoms with van der Waals surface area (Å²) >= 11 is 1.33. The number of primary amides is 1. The Hall–Kier alpha value is -10.7. The first-order valence-corrected chi connectivity index (χ1v) is 51.5. The number of nitrogens with two attached hydrogens (primary N) is 4. The van der Waals surface area contributed by atoms with Crippen LogP contribution in [0, 0.1) is 17.2 Å². The summed E-state index contributed by atoms with van der Waals surface area (Å²) in [5.74, 6) is -17.6. The Morgan fingerprint density at radius 3 is 1.72 bits per heavy atom. The van der Waals surface area contributed by atoms with Crippen molar-refractivity contribution in [1.29, 1.82) is 5.41 Å². The van der Waals surface area contributed by atoms with Crippen molar-refractivity contribution in [3.8, 4) is 0 Å². The number of carboxylic acid groups (broad SMARTS) is 1. The number of fused-ring (bicyclic) bond motifs is 1. The summed E-state index contributed by atoms with van der Waals surface area (Å²) in [5.41, 5.74) is 21.8. The zero-order chi connectivity index (χ0) is 101. The molecule has 44 nitrogen and oxygen atoms in total. The van der Waals surface area contributed by atoms with E-state index in [9.17, 15) is 63.0 Å². The minimum atomic E-state index is -1.92. The molecule has 5 saturated heterocycles. The highest BCUT2D eigenvalue weighted by molar-refractivity contribution is 8.76. The van der Waals surface area contributed by atoms with Crippen molar-refractivity contribution in [2.45, 2.75) is 318 Å². The molecular weight excluding hydrogens is 1840 g/mol. The number of carbonyl (C=O) groups excluding carboxylic acids is 18. The van der Waals surface area contributed by atoms with Crippen LogP contribution in [-0.2, 0) is 97.5 Å². The highest BCUT2D eigenvalue weighted by Crippen LogP contribution is 2.30. The number of likely N-dealkylation sites (tertiary alicyclic amines) is 3. The van der Waals surface area contributed by atoms with Gasteiger partial charge in [0.2, 0.25) is 106 Å². The van der Waals surface area contributed by atoms with Gasteiger partial charge in [-0.1, -0.05) is 106 Å². The predicted molar refractivity (Wildman–Crippen MR) is 515 cm³/mol. The number of thioether (sulfide) groups is 1. The lowest BCUT2D eigenvalue weighted by atomic mass is 10.0. The van der Waals surface area contributed by atoms with Crippen LogP contribution in [0.3, 0.4) is 0 Å². The van der Waals surface area contributed by atoms with Gasteiger partial charge in [0.1, 0.15) is 102 Å². The van der Waals surface area contributed by atoms with Crippen molar-refractivity contribution < 1.29 is 101 Å². The number of carbonyl (C=O) groups is 19. The maximum absolute atomic E-state index is 15.6. The van der Waals surface area contributed by atoms with E-state index >= 15 is 38.4 Å². The van der Waals surface area contributed by atoms with E-state index in [2.05, 4.69) is 74.4 Å². The standard InChI is InChI=1S/C90H147N23O21S3/c1-10-11-13-26-60-84(130)110-41-22-32-68(110)83(129)109-90(7,8)88(134)108-64(49-114)79(125)106-63(48-54-24-14-12-15-25-54)78(124)107-65(80(126)104-61(27-16-17-38-91)85(131)113-44-23-33-69(113)86(132)111-42-20-30-66(111)81(127)98-55(72(93)118)34-35-70(116)117)50-137-136-46-37-59(101-75(121)58(36-45-135-9)102-82(128)67-31-21-43-112(67)87(133)71(52(4)5)97-53(6)115)76(122)105-62(47-51(2)3)77(123)100-57(29-19-40-96-89(94)95)73(119)99-56(28-18-39-92)74(120)103-60/h12,14-15,24-25,51-52,55-69,71,114H,10-11,13,16-23,26-50,91-92H2,1-9H3,(H2,93,118)(H,97,115)(H,98,127)(H,99,119)(H,100,123)(H,101,121)(H,102,128)(H,103,120)(H,104,126)(H,105,122)(H,106,125)(H,107,124)(H,108,134)(H,109,129)(H,116,117)(H4,94,95,96)/t55-,56-,57-,58-,59?,60-,61?,62-,63-,64-,65-,66-,67-,68-,69-,71-/m0/s1. The molecule has 766 valence electrons. The Morgan fingerprint density at radius 1 is 0.577 bits per heavy atom. The van der Waals surface area contributed by atoms with E-state index in [0.717, 1.165) is 21.6 Å². The molecular formula is C90H147N23O21S3. The van der Waals surface area contributed by atoms with E-state index in [-0.39, 0.29) is 172 Å². The lowest BCUT2D eigenvalue weighted by Crippen LogP contribution is -2.63. The lowest BCUT2D eigenvalue weighted by Gasteiger charge is -2.33. The van der Waals surface area contributed by atoms with Gasteiger partial charge in [-0.3, -0.25) is 96.5 Å². The second kappa shape index (κ2) is 58.3. The van der Waals surface area contributed by atoms with Crippen molar-refractivity contribution >= 4 is 152 Å². The zero-order valence-corrected chi connectivity index (χ0v) is 82.7. The van der Waals surface area contributed by atoms with E-state index < -0.39 is 245 Å². The van der Waals surface area contributed by atoms with Crippen LogP contribution in [0.2, 0.25) is 0 Å². The largest absolute Gasteiger partial charge is 0.481 e. The van der Waals surface area contributed by atoms with E-state index in [1.807, 2.05) is 6.92 Å². The Balaban J connectivity index is 1.49. The molecule has 16 atom stereocenters. The van der Waals surface area contributed by atoms with E-state index in [0.29, 0.717) is 50.5 Å². The number of hydrogen-bond donors (Lipinski definition) is 21. The number of hydrogen-bond acceptors (Lipinski definition) is 26. The van der Waals surface area contributed by atoms with Crippen LogP contribution in [0.1, 0.15) is 215 Å². The second-order valence-electron chi connectivity index (χ2n) is 36.6. The molecule has 25 N–H and O–H groups in total. The second-order valence-corrected chi connectivity index (χ2v) is 40.3. The summed E-state index contributed by atoms with van der Waals surface area (Å²) in [7, 11) is 1.97. The number of rotatable bonds is 40. The van der Waals surface area contributed by atoms with Crippen molar-refractivity contribution in [3.63, 3.8) is 0 Å². The summed E-state index contributed by atoms with van der Waals surface area (Å²) in [6, 6.07) is -14.1. The molecule has 5 aliphatic rings. The van der Waals surface area contributed by atoms with Crippen LogP contribution < -0.4 is 97.4 Å².